The topological polar surface area (TPSA) is 15.3 Å². The van der Waals surface area contributed by atoms with E-state index in [0.29, 0.717) is 11.5 Å². The van der Waals surface area contributed by atoms with Crippen LogP contribution in [-0.2, 0) is 0 Å². The molecule has 0 radical (unpaired) electrons. The maximum Gasteiger partial charge on any atom is 0.00684 e. The molecule has 0 heterocycles. The Morgan fingerprint density at radius 2 is 1.89 bits per heavy atom. The van der Waals surface area contributed by atoms with Crippen molar-refractivity contribution >= 4 is 0 Å². The minimum Gasteiger partial charge on any atom is -0.313 e. The quantitative estimate of drug-likeness (QED) is 0.712. The Bertz CT molecular complexity index is 239. The molecule has 0 atom stereocenters. The van der Waals surface area contributed by atoms with Gasteiger partial charge in [-0.25, -0.2) is 0 Å². The summed E-state index contributed by atoms with van der Waals surface area (Å²) in [6, 6.07) is 1.56. The van der Waals surface area contributed by atoms with Crippen LogP contribution in [0.25, 0.3) is 0 Å². The van der Waals surface area contributed by atoms with Crippen LogP contribution in [0.15, 0.2) is 0 Å². The van der Waals surface area contributed by atoms with Crippen molar-refractivity contribution in [3.8, 4) is 0 Å². The van der Waals surface area contributed by atoms with Gasteiger partial charge in [0.1, 0.15) is 0 Å². The summed E-state index contributed by atoms with van der Waals surface area (Å²) in [5.41, 5.74) is 0.585. The van der Waals surface area contributed by atoms with Crippen molar-refractivity contribution < 1.29 is 0 Å². The third-order valence-electron chi connectivity index (χ3n) is 4.79. The molecule has 2 fully saturated rings. The van der Waals surface area contributed by atoms with E-state index in [-0.39, 0.29) is 0 Å². The van der Waals surface area contributed by atoms with E-state index in [1.54, 1.807) is 0 Å². The first-order chi connectivity index (χ1) is 8.65. The zero-order chi connectivity index (χ0) is 13.0. The van der Waals surface area contributed by atoms with Crippen LogP contribution in [0, 0.1) is 5.41 Å². The van der Waals surface area contributed by atoms with Crippen molar-refractivity contribution in [1.29, 1.82) is 0 Å². The predicted octanol–water partition coefficient (Wildman–Crippen LogP) is 3.42. The smallest absolute Gasteiger partial charge is 0.00684 e. The highest BCUT2D eigenvalue weighted by molar-refractivity contribution is 4.93. The maximum atomic E-state index is 3.80. The summed E-state index contributed by atoms with van der Waals surface area (Å²) >= 11 is 0. The summed E-state index contributed by atoms with van der Waals surface area (Å²) in [7, 11) is 0. The molecule has 0 saturated heterocycles. The Morgan fingerprint density at radius 1 is 1.22 bits per heavy atom. The van der Waals surface area contributed by atoms with Crippen LogP contribution in [0.3, 0.4) is 0 Å². The molecule has 18 heavy (non-hydrogen) atoms. The van der Waals surface area contributed by atoms with E-state index in [2.05, 4.69) is 31.0 Å². The van der Waals surface area contributed by atoms with E-state index in [4.69, 9.17) is 0 Å². The second-order valence-corrected chi connectivity index (χ2v) is 6.93. The van der Waals surface area contributed by atoms with Crippen molar-refractivity contribution in [2.75, 3.05) is 19.6 Å². The molecule has 0 aromatic carbocycles. The van der Waals surface area contributed by atoms with Crippen molar-refractivity contribution in [2.45, 2.75) is 77.8 Å². The van der Waals surface area contributed by atoms with Crippen molar-refractivity contribution in [2.24, 2.45) is 5.41 Å². The van der Waals surface area contributed by atoms with E-state index < -0.39 is 0 Å². The van der Waals surface area contributed by atoms with Crippen LogP contribution in [-0.4, -0.2) is 36.6 Å². The third-order valence-corrected chi connectivity index (χ3v) is 4.79. The number of nitrogens with zero attached hydrogens (tertiary/aromatic N) is 1. The van der Waals surface area contributed by atoms with Gasteiger partial charge in [-0.05, 0) is 57.9 Å². The Labute approximate surface area is 114 Å². The number of nitrogens with one attached hydrogen (secondary N) is 1. The highest BCUT2D eigenvalue weighted by Gasteiger charge is 2.37. The normalized spacial score (nSPS) is 23.2. The van der Waals surface area contributed by atoms with Crippen LogP contribution in [0.4, 0.5) is 0 Å². The molecule has 2 aliphatic rings. The lowest BCUT2D eigenvalue weighted by molar-refractivity contribution is 0.121. The fourth-order valence-corrected chi connectivity index (χ4v) is 3.40. The fourth-order valence-electron chi connectivity index (χ4n) is 3.40. The van der Waals surface area contributed by atoms with Gasteiger partial charge < -0.3 is 10.2 Å². The summed E-state index contributed by atoms with van der Waals surface area (Å²) in [4.78, 5) is 2.71. The summed E-state index contributed by atoms with van der Waals surface area (Å²) in [5.74, 6) is 0. The predicted molar refractivity (Wildman–Crippen MR) is 78.9 cm³/mol. The second kappa shape index (κ2) is 6.38. The highest BCUT2D eigenvalue weighted by Crippen LogP contribution is 2.39. The van der Waals surface area contributed by atoms with Crippen LogP contribution in [0.1, 0.15) is 65.7 Å². The Balaban J connectivity index is 1.89. The number of hydrogen-bond acceptors (Lipinski definition) is 2. The van der Waals surface area contributed by atoms with Gasteiger partial charge in [-0.15, -0.1) is 0 Å². The second-order valence-electron chi connectivity index (χ2n) is 6.93. The summed E-state index contributed by atoms with van der Waals surface area (Å²) in [5, 5.41) is 3.80. The average Bonchev–Trinajstić information content (AvgIpc) is 3.06. The van der Waals surface area contributed by atoms with Crippen LogP contribution < -0.4 is 5.32 Å². The molecule has 1 N–H and O–H groups in total. The molecule has 0 aliphatic heterocycles. The van der Waals surface area contributed by atoms with Crippen LogP contribution >= 0.6 is 0 Å². The molecular formula is C16H32N2. The van der Waals surface area contributed by atoms with Crippen molar-refractivity contribution in [1.82, 2.24) is 10.2 Å². The Hall–Kier alpha value is -0.0800. The molecule has 2 saturated carbocycles. The monoisotopic (exact) mass is 252 g/mol. The van der Waals surface area contributed by atoms with Gasteiger partial charge >= 0.3 is 0 Å². The Kier molecular flexibility index (Phi) is 5.08. The SMILES string of the molecule is CCCN(CC1(CNC2CC2)CCCC1)C(C)C. The molecule has 0 aromatic rings. The molecule has 0 aromatic heterocycles. The lowest BCUT2D eigenvalue weighted by Crippen LogP contribution is -2.45. The molecule has 2 rings (SSSR count). The summed E-state index contributed by atoms with van der Waals surface area (Å²) < 4.78 is 0. The van der Waals surface area contributed by atoms with Gasteiger partial charge in [0.05, 0.1) is 0 Å². The van der Waals surface area contributed by atoms with Crippen molar-refractivity contribution in [3.05, 3.63) is 0 Å². The number of rotatable bonds is 8. The van der Waals surface area contributed by atoms with Crippen LogP contribution in [0.5, 0.6) is 0 Å². The standard InChI is InChI=1S/C16H32N2/c1-4-11-18(14(2)3)13-16(9-5-6-10-16)12-17-15-7-8-15/h14-15,17H,4-13H2,1-3H3. The molecule has 106 valence electrons. The molecule has 0 spiro atoms. The number of hydrogen-bond donors (Lipinski definition) is 1. The van der Waals surface area contributed by atoms with Crippen LogP contribution in [0.2, 0.25) is 0 Å². The van der Waals surface area contributed by atoms with Gasteiger partial charge in [-0.3, -0.25) is 0 Å². The molecular weight excluding hydrogens is 220 g/mol. The summed E-state index contributed by atoms with van der Waals surface area (Å²) in [6.07, 6.45) is 9.90. The molecule has 0 bridgehead atoms. The van der Waals surface area contributed by atoms with E-state index in [1.165, 1.54) is 64.6 Å². The van der Waals surface area contributed by atoms with E-state index in [9.17, 15) is 0 Å². The minimum absolute atomic E-state index is 0.585. The highest BCUT2D eigenvalue weighted by atomic mass is 15.2. The maximum absolute atomic E-state index is 3.80. The van der Waals surface area contributed by atoms with Gasteiger partial charge in [0.25, 0.3) is 0 Å². The zero-order valence-corrected chi connectivity index (χ0v) is 12.7. The molecule has 0 unspecified atom stereocenters. The lowest BCUT2D eigenvalue weighted by Gasteiger charge is -2.38. The Morgan fingerprint density at radius 3 is 2.39 bits per heavy atom. The van der Waals surface area contributed by atoms with Crippen molar-refractivity contribution in [3.63, 3.8) is 0 Å². The average molecular weight is 252 g/mol. The van der Waals surface area contributed by atoms with Gasteiger partial charge in [-0.2, -0.15) is 0 Å². The first-order valence-electron chi connectivity index (χ1n) is 8.13. The third kappa shape index (κ3) is 3.96. The lowest BCUT2D eigenvalue weighted by atomic mass is 9.85. The first kappa shape index (κ1) is 14.3. The van der Waals surface area contributed by atoms with E-state index in [1.807, 2.05) is 0 Å². The van der Waals surface area contributed by atoms with Gasteiger partial charge in [0.2, 0.25) is 0 Å². The molecule has 2 heteroatoms. The fraction of sp³-hybridized carbons (Fsp3) is 1.00. The largest absolute Gasteiger partial charge is 0.313 e. The minimum atomic E-state index is 0.585. The molecule has 0 amide bonds. The van der Waals surface area contributed by atoms with Gasteiger partial charge in [-0.1, -0.05) is 19.8 Å². The van der Waals surface area contributed by atoms with Gasteiger partial charge in [0, 0.05) is 25.2 Å². The first-order valence-corrected chi connectivity index (χ1v) is 8.13. The van der Waals surface area contributed by atoms with Gasteiger partial charge in [0.15, 0.2) is 0 Å². The molecule has 2 aliphatic carbocycles. The zero-order valence-electron chi connectivity index (χ0n) is 12.7. The molecule has 2 nitrogen and oxygen atoms in total. The van der Waals surface area contributed by atoms with E-state index >= 15 is 0 Å². The van der Waals surface area contributed by atoms with E-state index in [0.717, 1.165) is 6.04 Å². The summed E-state index contributed by atoms with van der Waals surface area (Å²) in [6.45, 7) is 10.9.